The summed E-state index contributed by atoms with van der Waals surface area (Å²) in [6.45, 7) is 3.18. The molecule has 27 heavy (non-hydrogen) atoms. The Morgan fingerprint density at radius 1 is 1.19 bits per heavy atom. The third-order valence-electron chi connectivity index (χ3n) is 4.12. The number of aromatic amines is 2. The molecule has 1 heterocycles. The predicted octanol–water partition coefficient (Wildman–Crippen LogP) is 3.69. The molecule has 140 valence electrons. The molecule has 0 spiro atoms. The van der Waals surface area contributed by atoms with Crippen molar-refractivity contribution in [3.63, 3.8) is 0 Å². The molecule has 0 atom stereocenters. The van der Waals surface area contributed by atoms with Crippen molar-refractivity contribution in [3.05, 3.63) is 68.7 Å². The molecule has 0 unspecified atom stereocenters. The van der Waals surface area contributed by atoms with Crippen molar-refractivity contribution in [2.45, 2.75) is 26.3 Å². The molecule has 7 heteroatoms. The van der Waals surface area contributed by atoms with E-state index in [0.717, 1.165) is 24.2 Å². The highest BCUT2D eigenvalue weighted by molar-refractivity contribution is 7.71. The number of benzene rings is 2. The fraction of sp³-hybridized carbons (Fsp3) is 0.250. The van der Waals surface area contributed by atoms with Gasteiger partial charge in [-0.2, -0.15) is 0 Å². The van der Waals surface area contributed by atoms with Crippen LogP contribution >= 0.6 is 12.2 Å². The van der Waals surface area contributed by atoms with Crippen LogP contribution in [0.5, 0.6) is 5.75 Å². The molecule has 0 radical (unpaired) electrons. The monoisotopic (exact) mass is 383 g/mol. The van der Waals surface area contributed by atoms with E-state index in [2.05, 4.69) is 22.2 Å². The van der Waals surface area contributed by atoms with Gasteiger partial charge in [-0.15, -0.1) is 0 Å². The van der Waals surface area contributed by atoms with Crippen LogP contribution in [0.15, 0.2) is 47.3 Å². The zero-order chi connectivity index (χ0) is 19.2. The minimum absolute atomic E-state index is 0.227. The molecule has 1 amide bonds. The zero-order valence-electron chi connectivity index (χ0n) is 15.0. The summed E-state index contributed by atoms with van der Waals surface area (Å²) in [5.41, 5.74) is 1.66. The Balaban J connectivity index is 1.69. The Morgan fingerprint density at radius 3 is 2.85 bits per heavy atom. The molecular weight excluding hydrogens is 362 g/mol. The second kappa shape index (κ2) is 8.64. The standard InChI is InChI=1S/C20H21N3O3S/c1-2-3-9-26-15-6-4-5-13(10-15)12-21-18(24)14-7-8-16-17(11-14)22-20(27)23-19(16)25/h4-8,10-11H,2-3,9,12H2,1H3,(H,21,24)(H2,22,23,25,27). The molecule has 0 aliphatic rings. The van der Waals surface area contributed by atoms with Gasteiger partial charge in [-0.1, -0.05) is 25.5 Å². The van der Waals surface area contributed by atoms with Gasteiger partial charge in [-0.05, 0) is 54.5 Å². The van der Waals surface area contributed by atoms with Crippen molar-refractivity contribution >= 4 is 29.0 Å². The van der Waals surface area contributed by atoms with Crippen LogP contribution in [0.1, 0.15) is 35.7 Å². The van der Waals surface area contributed by atoms with Gasteiger partial charge in [0.2, 0.25) is 0 Å². The summed E-state index contributed by atoms with van der Waals surface area (Å²) in [5, 5.41) is 3.34. The summed E-state index contributed by atoms with van der Waals surface area (Å²) in [6, 6.07) is 12.5. The fourth-order valence-corrected chi connectivity index (χ4v) is 2.88. The smallest absolute Gasteiger partial charge is 0.259 e. The van der Waals surface area contributed by atoms with Gasteiger partial charge >= 0.3 is 0 Å². The second-order valence-electron chi connectivity index (χ2n) is 6.20. The lowest BCUT2D eigenvalue weighted by molar-refractivity contribution is 0.0951. The molecule has 1 aromatic heterocycles. The Morgan fingerprint density at radius 2 is 2.04 bits per heavy atom. The zero-order valence-corrected chi connectivity index (χ0v) is 15.8. The number of hydrogen-bond acceptors (Lipinski definition) is 4. The van der Waals surface area contributed by atoms with Crippen LogP contribution in [-0.2, 0) is 6.54 Å². The summed E-state index contributed by atoms with van der Waals surface area (Å²) in [6.07, 6.45) is 2.09. The van der Waals surface area contributed by atoms with Gasteiger partial charge in [-0.3, -0.25) is 14.6 Å². The predicted molar refractivity (Wildman–Crippen MR) is 108 cm³/mol. The van der Waals surface area contributed by atoms with Gasteiger partial charge in [0, 0.05) is 12.1 Å². The second-order valence-corrected chi connectivity index (χ2v) is 6.61. The van der Waals surface area contributed by atoms with E-state index in [-0.39, 0.29) is 16.2 Å². The highest BCUT2D eigenvalue weighted by atomic mass is 32.1. The minimum Gasteiger partial charge on any atom is -0.494 e. The first kappa shape index (κ1) is 18.8. The van der Waals surface area contributed by atoms with Crippen molar-refractivity contribution in [1.82, 2.24) is 15.3 Å². The molecule has 0 bridgehead atoms. The molecule has 3 N–H and O–H groups in total. The van der Waals surface area contributed by atoms with E-state index in [1.165, 1.54) is 0 Å². The van der Waals surface area contributed by atoms with Crippen LogP contribution in [-0.4, -0.2) is 22.5 Å². The van der Waals surface area contributed by atoms with E-state index in [0.29, 0.717) is 29.6 Å². The van der Waals surface area contributed by atoms with Gasteiger partial charge in [-0.25, -0.2) is 0 Å². The molecule has 2 aromatic carbocycles. The van der Waals surface area contributed by atoms with E-state index in [1.807, 2.05) is 24.3 Å². The number of rotatable bonds is 7. The molecule has 6 nitrogen and oxygen atoms in total. The van der Waals surface area contributed by atoms with Crippen LogP contribution in [0, 0.1) is 4.77 Å². The highest BCUT2D eigenvalue weighted by Gasteiger charge is 2.08. The van der Waals surface area contributed by atoms with Gasteiger partial charge in [0.25, 0.3) is 11.5 Å². The van der Waals surface area contributed by atoms with Crippen molar-refractivity contribution in [2.75, 3.05) is 6.61 Å². The molecule has 0 saturated carbocycles. The van der Waals surface area contributed by atoms with Gasteiger partial charge in [0.15, 0.2) is 4.77 Å². The number of nitrogens with one attached hydrogen (secondary N) is 3. The lowest BCUT2D eigenvalue weighted by atomic mass is 10.1. The number of unbranched alkanes of at least 4 members (excludes halogenated alkanes) is 1. The Hall–Kier alpha value is -2.93. The number of fused-ring (bicyclic) bond motifs is 1. The van der Waals surface area contributed by atoms with Crippen LogP contribution in [0.2, 0.25) is 0 Å². The summed E-state index contributed by atoms with van der Waals surface area (Å²) in [5.74, 6) is 0.571. The van der Waals surface area contributed by atoms with Crippen LogP contribution in [0.4, 0.5) is 0 Å². The maximum atomic E-state index is 12.5. The Bertz CT molecular complexity index is 1070. The van der Waals surface area contributed by atoms with Crippen molar-refractivity contribution in [3.8, 4) is 5.75 Å². The van der Waals surface area contributed by atoms with Gasteiger partial charge in [0.05, 0.1) is 17.5 Å². The number of ether oxygens (including phenoxy) is 1. The number of H-pyrrole nitrogens is 2. The average molecular weight is 383 g/mol. The van der Waals surface area contributed by atoms with Crippen molar-refractivity contribution in [1.29, 1.82) is 0 Å². The summed E-state index contributed by atoms with van der Waals surface area (Å²) in [4.78, 5) is 29.7. The summed E-state index contributed by atoms with van der Waals surface area (Å²) in [7, 11) is 0. The first-order chi connectivity index (χ1) is 13.1. The van der Waals surface area contributed by atoms with Gasteiger partial charge < -0.3 is 15.0 Å². The number of hydrogen-bond donors (Lipinski definition) is 3. The maximum Gasteiger partial charge on any atom is 0.259 e. The fourth-order valence-electron chi connectivity index (χ4n) is 2.67. The van der Waals surface area contributed by atoms with E-state index in [1.54, 1.807) is 18.2 Å². The number of aromatic nitrogens is 2. The molecule has 3 aromatic rings. The van der Waals surface area contributed by atoms with E-state index < -0.39 is 0 Å². The largest absolute Gasteiger partial charge is 0.494 e. The molecule has 3 rings (SSSR count). The number of carbonyl (C=O) groups is 1. The lowest BCUT2D eigenvalue weighted by Crippen LogP contribution is -2.23. The van der Waals surface area contributed by atoms with Crippen molar-refractivity contribution < 1.29 is 9.53 Å². The number of amides is 1. The highest BCUT2D eigenvalue weighted by Crippen LogP contribution is 2.14. The van der Waals surface area contributed by atoms with Crippen LogP contribution < -0.4 is 15.6 Å². The van der Waals surface area contributed by atoms with E-state index in [4.69, 9.17) is 17.0 Å². The molecule has 0 fully saturated rings. The molecular formula is C20H21N3O3S. The molecule has 0 saturated heterocycles. The lowest BCUT2D eigenvalue weighted by Gasteiger charge is -2.09. The Labute approximate surface area is 161 Å². The molecule has 0 aliphatic heterocycles. The first-order valence-electron chi connectivity index (χ1n) is 8.83. The topological polar surface area (TPSA) is 87.0 Å². The third-order valence-corrected chi connectivity index (χ3v) is 4.32. The minimum atomic E-state index is -0.277. The van der Waals surface area contributed by atoms with Crippen LogP contribution in [0.25, 0.3) is 10.9 Å². The number of carbonyl (C=O) groups excluding carboxylic acids is 1. The molecule has 0 aliphatic carbocycles. The summed E-state index contributed by atoms with van der Waals surface area (Å²) < 4.78 is 5.92. The third kappa shape index (κ3) is 4.83. The van der Waals surface area contributed by atoms with Crippen molar-refractivity contribution in [2.24, 2.45) is 0 Å². The average Bonchev–Trinajstić information content (AvgIpc) is 2.66. The van der Waals surface area contributed by atoms with Gasteiger partial charge in [0.1, 0.15) is 5.75 Å². The Kier molecular flexibility index (Phi) is 6.03. The van der Waals surface area contributed by atoms with E-state index in [9.17, 15) is 9.59 Å². The normalized spacial score (nSPS) is 10.7. The summed E-state index contributed by atoms with van der Waals surface area (Å²) >= 11 is 4.98. The van der Waals surface area contributed by atoms with E-state index >= 15 is 0 Å². The quantitative estimate of drug-likeness (QED) is 0.429. The maximum absolute atomic E-state index is 12.5. The SMILES string of the molecule is CCCCOc1cccc(CNC(=O)c2ccc3c(=O)[nH]c(=S)[nH]c3c2)c1. The van der Waals surface area contributed by atoms with Crippen LogP contribution in [0.3, 0.4) is 0 Å². The first-order valence-corrected chi connectivity index (χ1v) is 9.24.